The fraction of sp³-hybridized carbons (Fsp3) is 0.167. The molecule has 1 N–H and O–H groups in total. The molecule has 26 heavy (non-hydrogen) atoms. The van der Waals surface area contributed by atoms with Crippen molar-refractivity contribution in [1.82, 2.24) is 4.98 Å². The van der Waals surface area contributed by atoms with Gasteiger partial charge in [0.15, 0.2) is 0 Å². The first-order chi connectivity index (χ1) is 12.5. The molecule has 4 aromatic rings. The highest BCUT2D eigenvalue weighted by molar-refractivity contribution is 6.06. The van der Waals surface area contributed by atoms with Gasteiger partial charge in [-0.05, 0) is 41.3 Å². The highest BCUT2D eigenvalue weighted by atomic mass is 16.5. The number of nitrogens with one attached hydrogen (secondary N) is 1. The summed E-state index contributed by atoms with van der Waals surface area (Å²) in [5, 5.41) is 1.25. The van der Waals surface area contributed by atoms with Crippen molar-refractivity contribution in [2.24, 2.45) is 0 Å². The van der Waals surface area contributed by atoms with Crippen LogP contribution < -0.4 is 4.74 Å². The number of hydrogen-bond acceptors (Lipinski definition) is 1. The Morgan fingerprint density at radius 1 is 0.769 bits per heavy atom. The second-order valence-electron chi connectivity index (χ2n) is 7.98. The third-order valence-electron chi connectivity index (χ3n) is 5.20. The maximum Gasteiger partial charge on any atom is 0.136 e. The molecule has 1 aromatic heterocycles. The summed E-state index contributed by atoms with van der Waals surface area (Å²) in [6, 6.07) is 23.3. The second-order valence-corrected chi connectivity index (χ2v) is 7.98. The third kappa shape index (κ3) is 2.19. The number of benzene rings is 3. The van der Waals surface area contributed by atoms with Crippen LogP contribution in [-0.4, -0.2) is 4.98 Å². The molecule has 0 bridgehead atoms. The molecule has 0 saturated heterocycles. The monoisotopic (exact) mass is 339 g/mol. The molecular formula is C24H21NO. The predicted molar refractivity (Wildman–Crippen MR) is 108 cm³/mol. The molecular weight excluding hydrogens is 318 g/mol. The topological polar surface area (TPSA) is 25.0 Å². The fourth-order valence-corrected chi connectivity index (χ4v) is 3.78. The van der Waals surface area contributed by atoms with E-state index in [1.54, 1.807) is 0 Å². The highest BCUT2D eigenvalue weighted by Gasteiger charge is 2.25. The van der Waals surface area contributed by atoms with E-state index in [1.165, 1.54) is 16.5 Å². The molecule has 3 aromatic carbocycles. The zero-order valence-corrected chi connectivity index (χ0v) is 15.3. The first-order valence-corrected chi connectivity index (χ1v) is 9.05. The molecule has 0 fully saturated rings. The van der Waals surface area contributed by atoms with Crippen LogP contribution in [0.2, 0.25) is 0 Å². The average molecular weight is 339 g/mol. The number of aromatic amines is 1. The molecule has 0 aliphatic carbocycles. The van der Waals surface area contributed by atoms with Crippen molar-refractivity contribution >= 4 is 10.9 Å². The summed E-state index contributed by atoms with van der Waals surface area (Å²) in [6.45, 7) is 6.77. The largest absolute Gasteiger partial charge is 0.456 e. The van der Waals surface area contributed by atoms with Crippen LogP contribution in [-0.2, 0) is 5.41 Å². The number of fused-ring (bicyclic) bond motifs is 7. The maximum atomic E-state index is 6.27. The number of rotatable bonds is 0. The summed E-state index contributed by atoms with van der Waals surface area (Å²) in [5.41, 5.74) is 7.20. The Balaban J connectivity index is 1.92. The van der Waals surface area contributed by atoms with Gasteiger partial charge >= 0.3 is 0 Å². The Labute approximate surface area is 153 Å². The van der Waals surface area contributed by atoms with E-state index in [-0.39, 0.29) is 5.41 Å². The quantitative estimate of drug-likeness (QED) is 0.326. The van der Waals surface area contributed by atoms with Gasteiger partial charge in [0.1, 0.15) is 11.5 Å². The Morgan fingerprint density at radius 3 is 2.15 bits per heavy atom. The molecule has 1 aliphatic heterocycles. The van der Waals surface area contributed by atoms with E-state index in [4.69, 9.17) is 4.74 Å². The van der Waals surface area contributed by atoms with Crippen LogP contribution in [0.25, 0.3) is 33.3 Å². The Kier molecular flexibility index (Phi) is 3.08. The minimum atomic E-state index is 0.108. The normalized spacial score (nSPS) is 12.7. The van der Waals surface area contributed by atoms with Gasteiger partial charge < -0.3 is 9.72 Å². The van der Waals surface area contributed by atoms with Crippen LogP contribution in [0.4, 0.5) is 0 Å². The SMILES string of the molecule is CC(C)(C)c1ccc2[nH]c3c(c2c1)-c1ccccc1Oc1ccccc1-3. The maximum absolute atomic E-state index is 6.27. The molecule has 0 saturated carbocycles. The van der Waals surface area contributed by atoms with Crippen LogP contribution in [0.1, 0.15) is 26.3 Å². The average Bonchev–Trinajstić information content (AvgIpc) is 2.94. The van der Waals surface area contributed by atoms with Gasteiger partial charge in [-0.15, -0.1) is 0 Å². The predicted octanol–water partition coefficient (Wildman–Crippen LogP) is 6.91. The van der Waals surface area contributed by atoms with Gasteiger partial charge in [0, 0.05) is 27.6 Å². The van der Waals surface area contributed by atoms with Crippen LogP contribution in [0.15, 0.2) is 66.7 Å². The van der Waals surface area contributed by atoms with Gasteiger partial charge in [0.05, 0.1) is 5.69 Å². The molecule has 5 rings (SSSR count). The molecule has 0 atom stereocenters. The smallest absolute Gasteiger partial charge is 0.136 e. The lowest BCUT2D eigenvalue weighted by Gasteiger charge is -2.19. The first-order valence-electron chi connectivity index (χ1n) is 9.05. The summed E-state index contributed by atoms with van der Waals surface area (Å²) < 4.78 is 6.27. The number of hydrogen-bond donors (Lipinski definition) is 1. The molecule has 128 valence electrons. The van der Waals surface area contributed by atoms with E-state index in [0.717, 1.165) is 33.8 Å². The van der Waals surface area contributed by atoms with Crippen molar-refractivity contribution in [3.8, 4) is 33.9 Å². The van der Waals surface area contributed by atoms with E-state index in [0.29, 0.717) is 0 Å². The van der Waals surface area contributed by atoms with E-state index < -0.39 is 0 Å². The summed E-state index contributed by atoms with van der Waals surface area (Å²) in [5.74, 6) is 1.79. The van der Waals surface area contributed by atoms with Gasteiger partial charge in [-0.3, -0.25) is 0 Å². The van der Waals surface area contributed by atoms with Crippen LogP contribution in [0, 0.1) is 0 Å². The summed E-state index contributed by atoms with van der Waals surface area (Å²) in [4.78, 5) is 3.65. The lowest BCUT2D eigenvalue weighted by molar-refractivity contribution is 0.487. The molecule has 0 spiro atoms. The van der Waals surface area contributed by atoms with Crippen molar-refractivity contribution < 1.29 is 4.74 Å². The molecule has 0 unspecified atom stereocenters. The van der Waals surface area contributed by atoms with Crippen molar-refractivity contribution in [1.29, 1.82) is 0 Å². The fourth-order valence-electron chi connectivity index (χ4n) is 3.78. The lowest BCUT2D eigenvalue weighted by atomic mass is 9.85. The van der Waals surface area contributed by atoms with E-state index in [2.05, 4.69) is 68.2 Å². The second kappa shape index (κ2) is 5.25. The van der Waals surface area contributed by atoms with Crippen LogP contribution >= 0.6 is 0 Å². The molecule has 0 amide bonds. The van der Waals surface area contributed by atoms with E-state index in [1.807, 2.05) is 24.3 Å². The zero-order valence-electron chi connectivity index (χ0n) is 15.3. The third-order valence-corrected chi connectivity index (χ3v) is 5.20. The van der Waals surface area contributed by atoms with Crippen molar-refractivity contribution in [2.75, 3.05) is 0 Å². The molecule has 2 heterocycles. The summed E-state index contributed by atoms with van der Waals surface area (Å²) in [7, 11) is 0. The van der Waals surface area contributed by atoms with Gasteiger partial charge in [0.25, 0.3) is 0 Å². The molecule has 2 heteroatoms. The summed E-state index contributed by atoms with van der Waals surface area (Å²) >= 11 is 0. The van der Waals surface area contributed by atoms with E-state index in [9.17, 15) is 0 Å². The number of para-hydroxylation sites is 2. The minimum absolute atomic E-state index is 0.108. The number of H-pyrrole nitrogens is 1. The standard InChI is InChI=1S/C24H21NO/c1-24(2,3)15-12-13-19-18(14-15)22-16-8-4-6-10-20(16)26-21-11-7-5-9-17(21)23(22)25-19/h4-14,25H,1-3H3. The molecule has 2 nitrogen and oxygen atoms in total. The van der Waals surface area contributed by atoms with Crippen LogP contribution in [0.3, 0.4) is 0 Å². The Hall–Kier alpha value is -3.00. The Morgan fingerprint density at radius 2 is 1.42 bits per heavy atom. The highest BCUT2D eigenvalue weighted by Crippen LogP contribution is 2.49. The first kappa shape index (κ1) is 15.3. The van der Waals surface area contributed by atoms with Crippen LogP contribution in [0.5, 0.6) is 11.5 Å². The van der Waals surface area contributed by atoms with Crippen molar-refractivity contribution in [3.05, 3.63) is 72.3 Å². The van der Waals surface area contributed by atoms with E-state index >= 15 is 0 Å². The minimum Gasteiger partial charge on any atom is -0.456 e. The molecule has 1 aliphatic rings. The Bertz CT molecular complexity index is 1140. The van der Waals surface area contributed by atoms with Gasteiger partial charge in [-0.1, -0.05) is 57.2 Å². The van der Waals surface area contributed by atoms with Gasteiger partial charge in [-0.25, -0.2) is 0 Å². The lowest BCUT2D eigenvalue weighted by Crippen LogP contribution is -2.10. The van der Waals surface area contributed by atoms with Gasteiger partial charge in [-0.2, -0.15) is 0 Å². The molecule has 0 radical (unpaired) electrons. The van der Waals surface area contributed by atoms with Gasteiger partial charge in [0.2, 0.25) is 0 Å². The van der Waals surface area contributed by atoms with Crippen molar-refractivity contribution in [3.63, 3.8) is 0 Å². The van der Waals surface area contributed by atoms with Crippen molar-refractivity contribution in [2.45, 2.75) is 26.2 Å². The zero-order chi connectivity index (χ0) is 17.9. The summed E-state index contributed by atoms with van der Waals surface area (Å²) in [6.07, 6.45) is 0. The number of ether oxygens (including phenoxy) is 1. The number of aromatic nitrogens is 1.